The summed E-state index contributed by atoms with van der Waals surface area (Å²) in [4.78, 5) is 0. The molecule has 0 saturated heterocycles. The van der Waals surface area contributed by atoms with E-state index in [2.05, 4.69) is 89.2 Å². The van der Waals surface area contributed by atoms with E-state index in [4.69, 9.17) is 0 Å². The summed E-state index contributed by atoms with van der Waals surface area (Å²) in [6, 6.07) is 19.2. The van der Waals surface area contributed by atoms with Crippen LogP contribution in [0.4, 0.5) is 0 Å². The summed E-state index contributed by atoms with van der Waals surface area (Å²) in [6.07, 6.45) is 2.40. The molecule has 0 radical (unpaired) electrons. The van der Waals surface area contributed by atoms with Gasteiger partial charge in [-0.2, -0.15) is 0 Å². The van der Waals surface area contributed by atoms with Gasteiger partial charge in [-0.1, -0.05) is 82.3 Å². The zero-order valence-corrected chi connectivity index (χ0v) is 14.3. The van der Waals surface area contributed by atoms with Crippen molar-refractivity contribution >= 4 is 0 Å². The molecule has 2 aromatic rings. The highest BCUT2D eigenvalue weighted by Gasteiger charge is 1.98. The predicted octanol–water partition coefficient (Wildman–Crippen LogP) is 6.08. The molecule has 0 nitrogen and oxygen atoms in total. The van der Waals surface area contributed by atoms with E-state index in [0.717, 1.165) is 11.8 Å². The minimum absolute atomic E-state index is 0.760. The Labute approximate surface area is 131 Å². The first kappa shape index (κ1) is 17.5. The van der Waals surface area contributed by atoms with Crippen molar-refractivity contribution < 1.29 is 0 Å². The van der Waals surface area contributed by atoms with Gasteiger partial charge in [-0.3, -0.25) is 0 Å². The molecule has 0 aliphatic heterocycles. The molecule has 21 heavy (non-hydrogen) atoms. The van der Waals surface area contributed by atoms with E-state index in [1.807, 2.05) is 0 Å². The third-order valence-corrected chi connectivity index (χ3v) is 3.38. The van der Waals surface area contributed by atoms with Crippen molar-refractivity contribution in [3.63, 3.8) is 0 Å². The van der Waals surface area contributed by atoms with Crippen LogP contribution in [0, 0.1) is 18.8 Å². The number of hydrogen-bond donors (Lipinski definition) is 0. The van der Waals surface area contributed by atoms with Crippen LogP contribution >= 0.6 is 0 Å². The molecule has 0 aliphatic carbocycles. The van der Waals surface area contributed by atoms with Crippen molar-refractivity contribution in [1.29, 1.82) is 0 Å². The highest BCUT2D eigenvalue weighted by atomic mass is 14.0. The molecule has 0 bridgehead atoms. The topological polar surface area (TPSA) is 0 Å². The van der Waals surface area contributed by atoms with Crippen LogP contribution in [0.5, 0.6) is 0 Å². The summed E-state index contributed by atoms with van der Waals surface area (Å²) in [5.41, 5.74) is 4.35. The second kappa shape index (κ2) is 9.39. The number of aryl methyl sites for hydroxylation is 1. The Morgan fingerprint density at radius 3 is 1.71 bits per heavy atom. The normalized spacial score (nSPS) is 10.4. The molecule has 0 heterocycles. The Kier molecular flexibility index (Phi) is 7.82. The molecule has 0 atom stereocenters. The number of rotatable bonds is 4. The Morgan fingerprint density at radius 1 is 0.667 bits per heavy atom. The average molecular weight is 282 g/mol. The highest BCUT2D eigenvalue weighted by molar-refractivity contribution is 5.25. The monoisotopic (exact) mass is 282 g/mol. The minimum atomic E-state index is 0.760. The number of hydrogen-bond acceptors (Lipinski definition) is 0. The third-order valence-electron chi connectivity index (χ3n) is 3.38. The van der Waals surface area contributed by atoms with Gasteiger partial charge >= 0.3 is 0 Å². The SMILES string of the molecule is CC(C)Cc1ccccc1.Cc1ccccc1CC(C)C. The van der Waals surface area contributed by atoms with Gasteiger partial charge in [-0.15, -0.1) is 0 Å². The van der Waals surface area contributed by atoms with Crippen LogP contribution < -0.4 is 0 Å². The fraction of sp³-hybridized carbons (Fsp3) is 0.429. The van der Waals surface area contributed by atoms with Crippen molar-refractivity contribution in [2.45, 2.75) is 47.5 Å². The Bertz CT molecular complexity index is 494. The molecule has 114 valence electrons. The summed E-state index contributed by atoms with van der Waals surface area (Å²) in [5.74, 6) is 1.53. The van der Waals surface area contributed by atoms with Crippen LogP contribution in [0.1, 0.15) is 44.4 Å². The molecule has 2 rings (SSSR count). The summed E-state index contributed by atoms with van der Waals surface area (Å²) < 4.78 is 0. The third kappa shape index (κ3) is 7.70. The fourth-order valence-corrected chi connectivity index (χ4v) is 2.36. The van der Waals surface area contributed by atoms with Gasteiger partial charge < -0.3 is 0 Å². The van der Waals surface area contributed by atoms with Crippen LogP contribution in [0.15, 0.2) is 54.6 Å². The van der Waals surface area contributed by atoms with E-state index in [0.29, 0.717) is 0 Å². The number of benzene rings is 2. The molecule has 0 aliphatic rings. The second-order valence-corrected chi connectivity index (χ2v) is 6.61. The average Bonchev–Trinajstić information content (AvgIpc) is 2.42. The molecular formula is C21H30. The summed E-state index contributed by atoms with van der Waals surface area (Å²) in [5, 5.41) is 0. The Hall–Kier alpha value is -1.56. The molecular weight excluding hydrogens is 252 g/mol. The first-order valence-electron chi connectivity index (χ1n) is 8.07. The maximum atomic E-state index is 2.26. The van der Waals surface area contributed by atoms with Gasteiger partial charge in [0.2, 0.25) is 0 Å². The van der Waals surface area contributed by atoms with E-state index >= 15 is 0 Å². The standard InChI is InChI=1S/C11H16.C10H14/c1-9(2)8-11-7-5-4-6-10(11)3;1-9(2)8-10-6-4-3-5-7-10/h4-7,9H,8H2,1-3H3;3-7,9H,8H2,1-2H3. The molecule has 0 aromatic heterocycles. The smallest absolute Gasteiger partial charge is 0.0253 e. The Balaban J connectivity index is 0.000000211. The van der Waals surface area contributed by atoms with E-state index in [1.165, 1.54) is 29.5 Å². The second-order valence-electron chi connectivity index (χ2n) is 6.61. The van der Waals surface area contributed by atoms with Gasteiger partial charge in [-0.25, -0.2) is 0 Å². The molecule has 0 spiro atoms. The molecule has 0 amide bonds. The van der Waals surface area contributed by atoms with Gasteiger partial charge in [0.25, 0.3) is 0 Å². The van der Waals surface area contributed by atoms with Crippen molar-refractivity contribution in [2.75, 3.05) is 0 Å². The lowest BCUT2D eigenvalue weighted by molar-refractivity contribution is 0.645. The van der Waals surface area contributed by atoms with Crippen molar-refractivity contribution in [3.8, 4) is 0 Å². The minimum Gasteiger partial charge on any atom is -0.0625 e. The molecule has 0 saturated carbocycles. The largest absolute Gasteiger partial charge is 0.0625 e. The van der Waals surface area contributed by atoms with E-state index < -0.39 is 0 Å². The zero-order chi connectivity index (χ0) is 15.7. The van der Waals surface area contributed by atoms with Crippen LogP contribution in [0.2, 0.25) is 0 Å². The molecule has 0 heteroatoms. The lowest BCUT2D eigenvalue weighted by Crippen LogP contribution is -1.95. The van der Waals surface area contributed by atoms with Gasteiger partial charge in [0.05, 0.1) is 0 Å². The predicted molar refractivity (Wildman–Crippen MR) is 94.7 cm³/mol. The fourth-order valence-electron chi connectivity index (χ4n) is 2.36. The van der Waals surface area contributed by atoms with Crippen LogP contribution in [-0.4, -0.2) is 0 Å². The van der Waals surface area contributed by atoms with Gasteiger partial charge in [0.15, 0.2) is 0 Å². The lowest BCUT2D eigenvalue weighted by Gasteiger charge is -2.07. The van der Waals surface area contributed by atoms with Gasteiger partial charge in [-0.05, 0) is 48.3 Å². The van der Waals surface area contributed by atoms with Gasteiger partial charge in [0.1, 0.15) is 0 Å². The molecule has 0 N–H and O–H groups in total. The Morgan fingerprint density at radius 2 is 1.19 bits per heavy atom. The molecule has 2 aromatic carbocycles. The quantitative estimate of drug-likeness (QED) is 0.637. The van der Waals surface area contributed by atoms with Crippen LogP contribution in [-0.2, 0) is 12.8 Å². The van der Waals surface area contributed by atoms with Gasteiger partial charge in [0, 0.05) is 0 Å². The first-order valence-corrected chi connectivity index (χ1v) is 8.07. The van der Waals surface area contributed by atoms with Crippen LogP contribution in [0.25, 0.3) is 0 Å². The summed E-state index contributed by atoms with van der Waals surface area (Å²) in [6.45, 7) is 11.2. The lowest BCUT2D eigenvalue weighted by atomic mass is 9.99. The van der Waals surface area contributed by atoms with Crippen molar-refractivity contribution in [3.05, 3.63) is 71.3 Å². The highest BCUT2D eigenvalue weighted by Crippen LogP contribution is 2.12. The summed E-state index contributed by atoms with van der Waals surface area (Å²) >= 11 is 0. The molecule has 0 fully saturated rings. The van der Waals surface area contributed by atoms with E-state index in [-0.39, 0.29) is 0 Å². The first-order chi connectivity index (χ1) is 9.99. The van der Waals surface area contributed by atoms with E-state index in [1.54, 1.807) is 0 Å². The van der Waals surface area contributed by atoms with Crippen LogP contribution in [0.3, 0.4) is 0 Å². The molecule has 0 unspecified atom stereocenters. The zero-order valence-electron chi connectivity index (χ0n) is 14.3. The van der Waals surface area contributed by atoms with E-state index in [9.17, 15) is 0 Å². The van der Waals surface area contributed by atoms with Crippen molar-refractivity contribution in [2.24, 2.45) is 11.8 Å². The maximum absolute atomic E-state index is 2.26. The summed E-state index contributed by atoms with van der Waals surface area (Å²) in [7, 11) is 0. The maximum Gasteiger partial charge on any atom is -0.0253 e. The van der Waals surface area contributed by atoms with Crippen molar-refractivity contribution in [1.82, 2.24) is 0 Å².